The van der Waals surface area contributed by atoms with Gasteiger partial charge in [-0.2, -0.15) is 4.98 Å². The Kier molecular flexibility index (Phi) is 9.86. The molecule has 5 rings (SSSR count). The molecule has 0 radical (unpaired) electrons. The summed E-state index contributed by atoms with van der Waals surface area (Å²) >= 11 is 0. The lowest BCUT2D eigenvalue weighted by Gasteiger charge is -2.27. The van der Waals surface area contributed by atoms with E-state index in [0.717, 1.165) is 37.7 Å². The van der Waals surface area contributed by atoms with Crippen LogP contribution in [0.3, 0.4) is 0 Å². The zero-order valence-electron chi connectivity index (χ0n) is 24.7. The topological polar surface area (TPSA) is 165 Å². The minimum atomic E-state index is -1.26. The number of pyridine rings is 1. The lowest BCUT2D eigenvalue weighted by molar-refractivity contribution is 0.0694. The van der Waals surface area contributed by atoms with Gasteiger partial charge in [0.05, 0.1) is 43.4 Å². The standard InChI is InChI=1S/C32H33N5O6.ClH/c1-41-25-15-18(14-21-16-35-32(34)36-30(21)33)13-20(28(25)42-2)10-9-19-11-12-23-26(29(19)43-3)37(22-7-5-4-6-8-22)17-24(27(23)38)31(39)40;/h11-13,15-17,22H,4-8,14H2,1-3H3,(H,39,40)(H4,33,34,35,36);1H. The summed E-state index contributed by atoms with van der Waals surface area (Å²) in [5, 5.41) is 10.0. The molecule has 1 fully saturated rings. The Morgan fingerprint density at radius 1 is 1.02 bits per heavy atom. The zero-order chi connectivity index (χ0) is 30.7. The zero-order valence-corrected chi connectivity index (χ0v) is 25.5. The molecular weight excluding hydrogens is 586 g/mol. The van der Waals surface area contributed by atoms with Gasteiger partial charge in [-0.05, 0) is 42.7 Å². The lowest BCUT2D eigenvalue weighted by Crippen LogP contribution is -2.23. The molecule has 0 bridgehead atoms. The second-order valence-corrected chi connectivity index (χ2v) is 10.4. The molecule has 1 saturated carbocycles. The van der Waals surface area contributed by atoms with E-state index < -0.39 is 11.4 Å². The van der Waals surface area contributed by atoms with Gasteiger partial charge in [-0.3, -0.25) is 4.79 Å². The molecule has 0 aliphatic heterocycles. The van der Waals surface area contributed by atoms with Crippen LogP contribution in [-0.2, 0) is 6.42 Å². The van der Waals surface area contributed by atoms with Crippen molar-refractivity contribution in [3.63, 3.8) is 0 Å². The van der Waals surface area contributed by atoms with Gasteiger partial charge in [-0.25, -0.2) is 9.78 Å². The Morgan fingerprint density at radius 2 is 1.73 bits per heavy atom. The highest BCUT2D eigenvalue weighted by Gasteiger charge is 2.24. The molecular formula is C32H34ClN5O6. The van der Waals surface area contributed by atoms with Crippen LogP contribution < -0.4 is 31.1 Å². The molecule has 2 aromatic heterocycles. The number of carboxylic acids is 1. The highest BCUT2D eigenvalue weighted by atomic mass is 35.5. The van der Waals surface area contributed by atoms with Crippen LogP contribution in [0, 0.1) is 11.8 Å². The average molecular weight is 620 g/mol. The Hall–Kier alpha value is -4.95. The van der Waals surface area contributed by atoms with Crippen LogP contribution in [0.2, 0.25) is 0 Å². The van der Waals surface area contributed by atoms with Crippen molar-refractivity contribution < 1.29 is 24.1 Å². The predicted octanol–water partition coefficient (Wildman–Crippen LogP) is 4.60. The number of halogens is 1. The summed E-state index contributed by atoms with van der Waals surface area (Å²) in [4.78, 5) is 33.3. The first-order valence-corrected chi connectivity index (χ1v) is 13.9. The SMILES string of the molecule is COc1cc(Cc2cnc(N)nc2N)cc(C#Cc2ccc3c(=O)c(C(=O)O)cn(C4CCCCC4)c3c2OC)c1OC.Cl. The monoisotopic (exact) mass is 619 g/mol. The number of methoxy groups -OCH3 is 3. The van der Waals surface area contributed by atoms with Crippen molar-refractivity contribution in [2.45, 2.75) is 44.6 Å². The third-order valence-electron chi connectivity index (χ3n) is 7.73. The number of anilines is 2. The number of rotatable bonds is 7. The number of hydrogen-bond donors (Lipinski definition) is 3. The van der Waals surface area contributed by atoms with Crippen LogP contribution in [0.5, 0.6) is 17.2 Å². The van der Waals surface area contributed by atoms with Crippen molar-refractivity contribution in [3.8, 4) is 29.1 Å². The van der Waals surface area contributed by atoms with Crippen molar-refractivity contribution in [1.82, 2.24) is 14.5 Å². The van der Waals surface area contributed by atoms with Crippen LogP contribution >= 0.6 is 12.4 Å². The van der Waals surface area contributed by atoms with Crippen LogP contribution in [0.15, 0.2) is 41.5 Å². The van der Waals surface area contributed by atoms with Gasteiger partial charge in [0.2, 0.25) is 11.4 Å². The smallest absolute Gasteiger partial charge is 0.341 e. The number of nitrogen functional groups attached to an aromatic ring is 2. The number of benzene rings is 2. The Morgan fingerprint density at radius 3 is 2.36 bits per heavy atom. The van der Waals surface area contributed by atoms with Gasteiger partial charge < -0.3 is 35.4 Å². The summed E-state index contributed by atoms with van der Waals surface area (Å²) < 4.78 is 19.0. The number of nitrogens with zero attached hydrogens (tertiary/aromatic N) is 3. The third kappa shape index (κ3) is 6.21. The molecule has 4 aromatic rings. The van der Waals surface area contributed by atoms with Crippen LogP contribution in [0.4, 0.5) is 11.8 Å². The van der Waals surface area contributed by atoms with Crippen molar-refractivity contribution >= 4 is 41.0 Å². The second-order valence-electron chi connectivity index (χ2n) is 10.4. The van der Waals surface area contributed by atoms with Crippen molar-refractivity contribution in [2.24, 2.45) is 0 Å². The molecule has 5 N–H and O–H groups in total. The molecule has 1 aliphatic rings. The molecule has 2 heterocycles. The van der Waals surface area contributed by atoms with E-state index in [0.29, 0.717) is 45.9 Å². The maximum absolute atomic E-state index is 13.2. The second kappa shape index (κ2) is 13.6. The number of nitrogens with two attached hydrogens (primary N) is 2. The molecule has 11 nitrogen and oxygen atoms in total. The van der Waals surface area contributed by atoms with E-state index in [1.807, 2.05) is 16.7 Å². The first kappa shape index (κ1) is 32.0. The minimum Gasteiger partial charge on any atom is -0.493 e. The van der Waals surface area contributed by atoms with Gasteiger partial charge in [0.15, 0.2) is 17.2 Å². The summed E-state index contributed by atoms with van der Waals surface area (Å²) in [6.45, 7) is 0. The lowest BCUT2D eigenvalue weighted by atomic mass is 9.94. The number of aromatic carboxylic acids is 1. The number of aromatic nitrogens is 3. The fourth-order valence-corrected chi connectivity index (χ4v) is 5.66. The Balaban J connectivity index is 0.00000442. The van der Waals surface area contributed by atoms with Crippen LogP contribution in [-0.4, -0.2) is 46.9 Å². The summed E-state index contributed by atoms with van der Waals surface area (Å²) in [5.74, 6) is 6.83. The Labute approximate surface area is 260 Å². The van der Waals surface area contributed by atoms with E-state index in [2.05, 4.69) is 21.8 Å². The summed E-state index contributed by atoms with van der Waals surface area (Å²) in [5.41, 5.74) is 14.0. The molecule has 1 aliphatic carbocycles. The van der Waals surface area contributed by atoms with Crippen LogP contribution in [0.25, 0.3) is 10.9 Å². The molecule has 230 valence electrons. The number of ether oxygens (including phenoxy) is 3. The Bertz CT molecular complexity index is 1840. The van der Waals surface area contributed by atoms with Gasteiger partial charge in [-0.15, -0.1) is 12.4 Å². The van der Waals surface area contributed by atoms with E-state index in [1.54, 1.807) is 25.4 Å². The average Bonchev–Trinajstić information content (AvgIpc) is 3.01. The maximum atomic E-state index is 13.2. The summed E-state index contributed by atoms with van der Waals surface area (Å²) in [6.07, 6.45) is 8.36. The highest BCUT2D eigenvalue weighted by molar-refractivity contribution is 5.95. The predicted molar refractivity (Wildman–Crippen MR) is 170 cm³/mol. The number of carboxylic acid groups (broad SMARTS) is 1. The number of fused-ring (bicyclic) bond motifs is 1. The van der Waals surface area contributed by atoms with E-state index >= 15 is 0 Å². The van der Waals surface area contributed by atoms with Gasteiger partial charge in [0.25, 0.3) is 0 Å². The third-order valence-corrected chi connectivity index (χ3v) is 7.73. The first-order valence-electron chi connectivity index (χ1n) is 13.9. The molecule has 0 unspecified atom stereocenters. The fourth-order valence-electron chi connectivity index (χ4n) is 5.66. The van der Waals surface area contributed by atoms with E-state index in [-0.39, 0.29) is 41.2 Å². The van der Waals surface area contributed by atoms with Crippen molar-refractivity contribution in [1.29, 1.82) is 0 Å². The van der Waals surface area contributed by atoms with Crippen molar-refractivity contribution in [3.05, 3.63) is 74.7 Å². The molecule has 0 amide bonds. The first-order chi connectivity index (χ1) is 20.7. The summed E-state index contributed by atoms with van der Waals surface area (Å²) in [7, 11) is 4.60. The van der Waals surface area contributed by atoms with E-state index in [4.69, 9.17) is 25.7 Å². The highest BCUT2D eigenvalue weighted by Crippen LogP contribution is 2.37. The number of hydrogen-bond acceptors (Lipinski definition) is 9. The maximum Gasteiger partial charge on any atom is 0.341 e. The van der Waals surface area contributed by atoms with E-state index in [1.165, 1.54) is 20.4 Å². The van der Waals surface area contributed by atoms with E-state index in [9.17, 15) is 14.7 Å². The normalized spacial score (nSPS) is 13.0. The van der Waals surface area contributed by atoms with Gasteiger partial charge in [-0.1, -0.05) is 31.1 Å². The van der Waals surface area contributed by atoms with Gasteiger partial charge >= 0.3 is 5.97 Å². The molecule has 0 saturated heterocycles. The molecule has 0 atom stereocenters. The van der Waals surface area contributed by atoms with Crippen molar-refractivity contribution in [2.75, 3.05) is 32.8 Å². The fraction of sp³-hybridized carbons (Fsp3) is 0.312. The molecule has 44 heavy (non-hydrogen) atoms. The molecule has 0 spiro atoms. The summed E-state index contributed by atoms with van der Waals surface area (Å²) in [6, 6.07) is 7.03. The quantitative estimate of drug-likeness (QED) is 0.249. The minimum absolute atomic E-state index is 0. The van der Waals surface area contributed by atoms with Gasteiger partial charge in [0.1, 0.15) is 11.4 Å². The van der Waals surface area contributed by atoms with Crippen LogP contribution in [0.1, 0.15) is 70.8 Å². The number of carbonyl (C=O) groups is 1. The van der Waals surface area contributed by atoms with Gasteiger partial charge in [0, 0.05) is 30.4 Å². The molecule has 2 aromatic carbocycles. The largest absolute Gasteiger partial charge is 0.493 e. The molecule has 12 heteroatoms.